The molecule has 1 unspecified atom stereocenters. The predicted octanol–water partition coefficient (Wildman–Crippen LogP) is 3.67. The molecule has 0 saturated carbocycles. The molecule has 1 heterocycles. The Balaban J connectivity index is 2.48. The highest BCUT2D eigenvalue weighted by Gasteiger charge is 2.19. The molecular weight excluding hydrogens is 233 g/mol. The fourth-order valence-corrected chi connectivity index (χ4v) is 2.27. The van der Waals surface area contributed by atoms with Gasteiger partial charge in [-0.1, -0.05) is 22.0 Å². The van der Waals surface area contributed by atoms with Crippen LogP contribution in [0.2, 0.25) is 0 Å². The van der Waals surface area contributed by atoms with E-state index in [1.54, 1.807) is 0 Å². The minimum atomic E-state index is -0.833. The second kappa shape index (κ2) is 3.66. The Morgan fingerprint density at radius 3 is 3.15 bits per heavy atom. The van der Waals surface area contributed by atoms with Gasteiger partial charge in [0.05, 0.1) is 0 Å². The van der Waals surface area contributed by atoms with E-state index < -0.39 is 6.17 Å². The molecule has 1 N–H and O–H groups in total. The maximum absolute atomic E-state index is 13.6. The molecule has 1 nitrogen and oxygen atoms in total. The third-order valence-corrected chi connectivity index (χ3v) is 3.01. The van der Waals surface area contributed by atoms with E-state index in [0.717, 1.165) is 28.7 Å². The molecule has 0 saturated heterocycles. The maximum Gasteiger partial charge on any atom is 0.128 e. The molecular formula is C10H11BrFN. The molecule has 0 fully saturated rings. The van der Waals surface area contributed by atoms with Gasteiger partial charge in [0.15, 0.2) is 0 Å². The third-order valence-electron chi connectivity index (χ3n) is 2.32. The molecule has 1 aliphatic rings. The largest absolute Gasteiger partial charge is 0.385 e. The normalized spacial score (nSPS) is 21.5. The lowest BCUT2D eigenvalue weighted by atomic mass is 10.1. The molecule has 1 aromatic rings. The van der Waals surface area contributed by atoms with E-state index in [4.69, 9.17) is 0 Å². The summed E-state index contributed by atoms with van der Waals surface area (Å²) in [7, 11) is 0. The standard InChI is InChI=1S/C10H11BrFN/c11-7-3-1-5-9-10(7)8(12)4-2-6-13-9/h1,3,5,8,13H,2,4,6H2. The van der Waals surface area contributed by atoms with E-state index in [-0.39, 0.29) is 0 Å². The van der Waals surface area contributed by atoms with Crippen molar-refractivity contribution in [2.24, 2.45) is 0 Å². The number of alkyl halides is 1. The molecule has 0 aromatic heterocycles. The molecule has 2 rings (SSSR count). The summed E-state index contributed by atoms with van der Waals surface area (Å²) in [6.07, 6.45) is 0.672. The number of anilines is 1. The summed E-state index contributed by atoms with van der Waals surface area (Å²) in [5.41, 5.74) is 1.71. The number of hydrogen-bond donors (Lipinski definition) is 1. The lowest BCUT2D eigenvalue weighted by Crippen LogP contribution is -1.99. The molecule has 3 heteroatoms. The van der Waals surface area contributed by atoms with Crippen LogP contribution in [0.1, 0.15) is 24.6 Å². The highest BCUT2D eigenvalue weighted by molar-refractivity contribution is 9.10. The number of nitrogens with one attached hydrogen (secondary N) is 1. The lowest BCUT2D eigenvalue weighted by molar-refractivity contribution is 0.323. The quantitative estimate of drug-likeness (QED) is 0.734. The van der Waals surface area contributed by atoms with E-state index in [0.29, 0.717) is 6.42 Å². The molecule has 0 aliphatic carbocycles. The van der Waals surface area contributed by atoms with Gasteiger partial charge in [-0.25, -0.2) is 4.39 Å². The summed E-state index contributed by atoms with van der Waals surface area (Å²) < 4.78 is 14.5. The Morgan fingerprint density at radius 2 is 2.31 bits per heavy atom. The van der Waals surface area contributed by atoms with Crippen molar-refractivity contribution in [2.75, 3.05) is 11.9 Å². The summed E-state index contributed by atoms with van der Waals surface area (Å²) >= 11 is 3.38. The Morgan fingerprint density at radius 1 is 1.46 bits per heavy atom. The zero-order valence-electron chi connectivity index (χ0n) is 7.19. The van der Waals surface area contributed by atoms with Crippen molar-refractivity contribution < 1.29 is 4.39 Å². The fourth-order valence-electron chi connectivity index (χ4n) is 1.66. The number of hydrogen-bond acceptors (Lipinski definition) is 1. The van der Waals surface area contributed by atoms with Crippen LogP contribution in [-0.2, 0) is 0 Å². The molecule has 0 spiro atoms. The van der Waals surface area contributed by atoms with Gasteiger partial charge in [-0.05, 0) is 25.0 Å². The van der Waals surface area contributed by atoms with Gasteiger partial charge in [0.1, 0.15) is 6.17 Å². The van der Waals surface area contributed by atoms with Gasteiger partial charge in [0.2, 0.25) is 0 Å². The van der Waals surface area contributed by atoms with Crippen LogP contribution in [0.5, 0.6) is 0 Å². The molecule has 1 aliphatic heterocycles. The zero-order chi connectivity index (χ0) is 9.26. The van der Waals surface area contributed by atoms with Crippen molar-refractivity contribution in [2.45, 2.75) is 19.0 Å². The number of rotatable bonds is 0. The van der Waals surface area contributed by atoms with Crippen LogP contribution in [-0.4, -0.2) is 6.54 Å². The van der Waals surface area contributed by atoms with E-state index in [1.165, 1.54) is 0 Å². The Hall–Kier alpha value is -0.570. The molecule has 1 aromatic carbocycles. The van der Waals surface area contributed by atoms with Crippen LogP contribution in [0.4, 0.5) is 10.1 Å². The minimum Gasteiger partial charge on any atom is -0.385 e. The van der Waals surface area contributed by atoms with Gasteiger partial charge >= 0.3 is 0 Å². The molecule has 70 valence electrons. The topological polar surface area (TPSA) is 12.0 Å². The van der Waals surface area contributed by atoms with Crippen LogP contribution in [0, 0.1) is 0 Å². The first-order valence-corrected chi connectivity index (χ1v) is 5.24. The monoisotopic (exact) mass is 243 g/mol. The van der Waals surface area contributed by atoms with Crippen LogP contribution < -0.4 is 5.32 Å². The minimum absolute atomic E-state index is 0.614. The van der Waals surface area contributed by atoms with E-state index in [9.17, 15) is 4.39 Å². The van der Waals surface area contributed by atoms with E-state index in [1.807, 2.05) is 18.2 Å². The molecule has 13 heavy (non-hydrogen) atoms. The number of fused-ring (bicyclic) bond motifs is 1. The second-order valence-corrected chi connectivity index (χ2v) is 4.09. The number of halogens is 2. The van der Waals surface area contributed by atoms with Crippen LogP contribution >= 0.6 is 15.9 Å². The summed E-state index contributed by atoms with van der Waals surface area (Å²) in [5, 5.41) is 3.23. The molecule has 0 amide bonds. The molecule has 0 radical (unpaired) electrons. The average Bonchev–Trinajstić information content (AvgIpc) is 2.29. The van der Waals surface area contributed by atoms with Gasteiger partial charge in [-0.2, -0.15) is 0 Å². The SMILES string of the molecule is FC1CCCNc2cccc(Br)c21. The van der Waals surface area contributed by atoms with Crippen molar-refractivity contribution in [3.8, 4) is 0 Å². The highest BCUT2D eigenvalue weighted by atomic mass is 79.9. The van der Waals surface area contributed by atoms with E-state index >= 15 is 0 Å². The van der Waals surface area contributed by atoms with Crippen molar-refractivity contribution in [3.05, 3.63) is 28.2 Å². The summed E-state index contributed by atoms with van der Waals surface area (Å²) in [5.74, 6) is 0. The third kappa shape index (κ3) is 1.70. The van der Waals surface area contributed by atoms with Crippen molar-refractivity contribution in [3.63, 3.8) is 0 Å². The van der Waals surface area contributed by atoms with Gasteiger partial charge in [-0.15, -0.1) is 0 Å². The second-order valence-electron chi connectivity index (χ2n) is 3.24. The van der Waals surface area contributed by atoms with Crippen LogP contribution in [0.25, 0.3) is 0 Å². The zero-order valence-corrected chi connectivity index (χ0v) is 8.77. The van der Waals surface area contributed by atoms with Gasteiger partial charge in [-0.3, -0.25) is 0 Å². The van der Waals surface area contributed by atoms with Crippen LogP contribution in [0.15, 0.2) is 22.7 Å². The summed E-state index contributed by atoms with van der Waals surface area (Å²) in [6.45, 7) is 0.865. The smallest absolute Gasteiger partial charge is 0.128 e. The van der Waals surface area contributed by atoms with Crippen molar-refractivity contribution >= 4 is 21.6 Å². The van der Waals surface area contributed by atoms with Crippen molar-refractivity contribution in [1.29, 1.82) is 0 Å². The average molecular weight is 244 g/mol. The Bertz CT molecular complexity index is 314. The fraction of sp³-hybridized carbons (Fsp3) is 0.400. The molecule has 1 atom stereocenters. The highest BCUT2D eigenvalue weighted by Crippen LogP contribution is 2.37. The maximum atomic E-state index is 13.6. The Labute approximate surface area is 85.5 Å². The van der Waals surface area contributed by atoms with Crippen LogP contribution in [0.3, 0.4) is 0 Å². The predicted molar refractivity (Wildman–Crippen MR) is 55.7 cm³/mol. The van der Waals surface area contributed by atoms with E-state index in [2.05, 4.69) is 21.2 Å². The molecule has 0 bridgehead atoms. The van der Waals surface area contributed by atoms with Gasteiger partial charge in [0.25, 0.3) is 0 Å². The first kappa shape index (κ1) is 9.00. The van der Waals surface area contributed by atoms with Gasteiger partial charge in [0, 0.05) is 22.3 Å². The Kier molecular flexibility index (Phi) is 2.54. The van der Waals surface area contributed by atoms with Gasteiger partial charge < -0.3 is 5.32 Å². The van der Waals surface area contributed by atoms with Crippen molar-refractivity contribution in [1.82, 2.24) is 0 Å². The number of benzene rings is 1. The lowest BCUT2D eigenvalue weighted by Gasteiger charge is -2.11. The first-order valence-electron chi connectivity index (χ1n) is 4.45. The summed E-state index contributed by atoms with van der Waals surface area (Å²) in [6, 6.07) is 5.74. The first-order chi connectivity index (χ1) is 6.29. The summed E-state index contributed by atoms with van der Waals surface area (Å²) in [4.78, 5) is 0.